The lowest BCUT2D eigenvalue weighted by Gasteiger charge is -2.30. The van der Waals surface area contributed by atoms with Crippen LogP contribution in [0.4, 0.5) is 0 Å². The van der Waals surface area contributed by atoms with Crippen molar-refractivity contribution >= 4 is 23.2 Å². The van der Waals surface area contributed by atoms with Crippen molar-refractivity contribution in [1.82, 2.24) is 5.32 Å². The van der Waals surface area contributed by atoms with Gasteiger partial charge in [-0.25, -0.2) is 0 Å². The van der Waals surface area contributed by atoms with Crippen LogP contribution >= 0.6 is 23.2 Å². The molecule has 1 aliphatic rings. The number of fused-ring (bicyclic) bond motifs is 1. The lowest BCUT2D eigenvalue weighted by Crippen LogP contribution is -2.40. The zero-order valence-corrected chi connectivity index (χ0v) is 11.2. The zero-order valence-electron chi connectivity index (χ0n) is 9.70. The van der Waals surface area contributed by atoms with Crippen molar-refractivity contribution in [2.75, 3.05) is 19.8 Å². The normalized spacial score (nSPS) is 18.6. The molecule has 0 fully saturated rings. The van der Waals surface area contributed by atoms with Gasteiger partial charge in [0.25, 0.3) is 0 Å². The number of benzene rings is 1. The Morgan fingerprint density at radius 3 is 2.72 bits per heavy atom. The van der Waals surface area contributed by atoms with Gasteiger partial charge in [0, 0.05) is 23.0 Å². The van der Waals surface area contributed by atoms with Crippen molar-refractivity contribution in [3.05, 3.63) is 27.7 Å². The van der Waals surface area contributed by atoms with Crippen molar-refractivity contribution in [2.45, 2.75) is 18.5 Å². The summed E-state index contributed by atoms with van der Waals surface area (Å²) < 4.78 is 5.53. The van der Waals surface area contributed by atoms with Gasteiger partial charge >= 0.3 is 0 Å². The molecule has 100 valence electrons. The number of aliphatic hydroxyl groups excluding tert-OH is 2. The van der Waals surface area contributed by atoms with Crippen LogP contribution in [0.1, 0.15) is 18.0 Å². The molecular formula is C12H15Cl2NO3. The number of halogens is 2. The summed E-state index contributed by atoms with van der Waals surface area (Å²) in [5.41, 5.74) is 0.866. The summed E-state index contributed by atoms with van der Waals surface area (Å²) in [5, 5.41) is 22.4. The summed E-state index contributed by atoms with van der Waals surface area (Å²) in [7, 11) is 0. The zero-order chi connectivity index (χ0) is 13.1. The molecule has 2 rings (SSSR count). The molecule has 1 heterocycles. The first-order chi connectivity index (χ1) is 8.65. The van der Waals surface area contributed by atoms with E-state index >= 15 is 0 Å². The fourth-order valence-electron chi connectivity index (χ4n) is 2.05. The Morgan fingerprint density at radius 2 is 2.06 bits per heavy atom. The molecule has 0 radical (unpaired) electrons. The predicted octanol–water partition coefficient (Wildman–Crippen LogP) is 1.76. The average molecular weight is 292 g/mol. The Hall–Kier alpha value is -0.520. The van der Waals surface area contributed by atoms with Crippen LogP contribution in [0.5, 0.6) is 5.75 Å². The van der Waals surface area contributed by atoms with Crippen LogP contribution in [0.15, 0.2) is 12.1 Å². The second-order valence-corrected chi connectivity index (χ2v) is 5.07. The first-order valence-corrected chi connectivity index (χ1v) is 6.50. The first-order valence-electron chi connectivity index (χ1n) is 5.75. The molecule has 0 spiro atoms. The van der Waals surface area contributed by atoms with Crippen molar-refractivity contribution in [3.63, 3.8) is 0 Å². The molecule has 18 heavy (non-hydrogen) atoms. The smallest absolute Gasteiger partial charge is 0.142 e. The molecule has 1 unspecified atom stereocenters. The maximum Gasteiger partial charge on any atom is 0.142 e. The Kier molecular flexibility index (Phi) is 4.70. The minimum atomic E-state index is -0.362. The summed E-state index contributed by atoms with van der Waals surface area (Å²) in [4.78, 5) is 0. The second-order valence-electron chi connectivity index (χ2n) is 4.22. The quantitative estimate of drug-likeness (QED) is 0.791. The molecule has 1 atom stereocenters. The summed E-state index contributed by atoms with van der Waals surface area (Å²) in [5.74, 6) is 0.624. The highest BCUT2D eigenvalue weighted by molar-refractivity contribution is 6.35. The van der Waals surface area contributed by atoms with E-state index in [9.17, 15) is 0 Å². The Bertz CT molecular complexity index is 424. The minimum Gasteiger partial charge on any atom is -0.492 e. The first kappa shape index (κ1) is 13.9. The SMILES string of the molecule is OCC(CO)NC1CCOc2c(Cl)cc(Cl)cc21. The Morgan fingerprint density at radius 1 is 1.33 bits per heavy atom. The van der Waals surface area contributed by atoms with E-state index in [1.165, 1.54) is 0 Å². The fraction of sp³-hybridized carbons (Fsp3) is 0.500. The minimum absolute atomic E-state index is 0.0331. The molecule has 1 aromatic rings. The third-order valence-corrected chi connectivity index (χ3v) is 3.44. The fourth-order valence-corrected chi connectivity index (χ4v) is 2.61. The summed E-state index contributed by atoms with van der Waals surface area (Å²) in [6, 6.07) is 3.04. The summed E-state index contributed by atoms with van der Waals surface area (Å²) in [6.07, 6.45) is 0.736. The van der Waals surface area contributed by atoms with E-state index in [0.717, 1.165) is 12.0 Å². The van der Waals surface area contributed by atoms with Gasteiger partial charge in [-0.2, -0.15) is 0 Å². The van der Waals surface area contributed by atoms with Crippen LogP contribution in [-0.4, -0.2) is 36.1 Å². The number of hydrogen-bond acceptors (Lipinski definition) is 4. The van der Waals surface area contributed by atoms with Gasteiger partial charge in [0.15, 0.2) is 0 Å². The molecule has 0 aromatic heterocycles. The molecule has 0 aliphatic carbocycles. The van der Waals surface area contributed by atoms with Gasteiger partial charge in [-0.1, -0.05) is 23.2 Å². The molecule has 6 heteroatoms. The molecule has 0 saturated carbocycles. The van der Waals surface area contributed by atoms with Crippen LogP contribution in [0.2, 0.25) is 10.0 Å². The molecule has 4 nitrogen and oxygen atoms in total. The van der Waals surface area contributed by atoms with Crippen LogP contribution in [0.3, 0.4) is 0 Å². The maximum absolute atomic E-state index is 9.11. The van der Waals surface area contributed by atoms with Crippen molar-refractivity contribution in [3.8, 4) is 5.75 Å². The molecule has 0 amide bonds. The lowest BCUT2D eigenvalue weighted by molar-refractivity contribution is 0.150. The van der Waals surface area contributed by atoms with E-state index in [1.807, 2.05) is 0 Å². The van der Waals surface area contributed by atoms with E-state index < -0.39 is 0 Å². The summed E-state index contributed by atoms with van der Waals surface area (Å²) in [6.45, 7) is 0.282. The van der Waals surface area contributed by atoms with Gasteiger partial charge in [0.05, 0.1) is 30.9 Å². The molecular weight excluding hydrogens is 277 g/mol. The van der Waals surface area contributed by atoms with Crippen molar-refractivity contribution in [1.29, 1.82) is 0 Å². The van der Waals surface area contributed by atoms with E-state index in [4.69, 9.17) is 38.2 Å². The largest absolute Gasteiger partial charge is 0.492 e. The number of hydrogen-bond donors (Lipinski definition) is 3. The van der Waals surface area contributed by atoms with Gasteiger partial charge in [0.1, 0.15) is 5.75 Å². The van der Waals surface area contributed by atoms with E-state index in [2.05, 4.69) is 5.32 Å². The lowest BCUT2D eigenvalue weighted by atomic mass is 9.99. The molecule has 0 saturated heterocycles. The predicted molar refractivity (Wildman–Crippen MR) is 70.4 cm³/mol. The van der Waals surface area contributed by atoms with Gasteiger partial charge in [-0.3, -0.25) is 0 Å². The van der Waals surface area contributed by atoms with Crippen molar-refractivity contribution in [2.24, 2.45) is 0 Å². The van der Waals surface area contributed by atoms with Gasteiger partial charge in [-0.15, -0.1) is 0 Å². The number of nitrogens with one attached hydrogen (secondary N) is 1. The van der Waals surface area contributed by atoms with Crippen LogP contribution in [0.25, 0.3) is 0 Å². The molecule has 1 aliphatic heterocycles. The monoisotopic (exact) mass is 291 g/mol. The highest BCUT2D eigenvalue weighted by Crippen LogP contribution is 2.40. The van der Waals surface area contributed by atoms with E-state index in [0.29, 0.717) is 22.4 Å². The number of rotatable bonds is 4. The Labute approximate surface area is 115 Å². The highest BCUT2D eigenvalue weighted by atomic mass is 35.5. The van der Waals surface area contributed by atoms with Gasteiger partial charge in [-0.05, 0) is 12.1 Å². The van der Waals surface area contributed by atoms with Crippen LogP contribution < -0.4 is 10.1 Å². The molecule has 0 bridgehead atoms. The van der Waals surface area contributed by atoms with Crippen LogP contribution in [-0.2, 0) is 0 Å². The van der Waals surface area contributed by atoms with E-state index in [1.54, 1.807) is 12.1 Å². The third-order valence-electron chi connectivity index (χ3n) is 2.94. The Balaban J connectivity index is 2.27. The highest BCUT2D eigenvalue weighted by Gasteiger charge is 2.25. The van der Waals surface area contributed by atoms with Gasteiger partial charge in [0.2, 0.25) is 0 Å². The van der Waals surface area contributed by atoms with Crippen molar-refractivity contribution < 1.29 is 14.9 Å². The molecule has 3 N–H and O–H groups in total. The topological polar surface area (TPSA) is 61.7 Å². The molecule has 1 aromatic carbocycles. The van der Waals surface area contributed by atoms with Crippen LogP contribution in [0, 0.1) is 0 Å². The number of ether oxygens (including phenoxy) is 1. The second kappa shape index (κ2) is 6.08. The number of aliphatic hydroxyl groups is 2. The standard InChI is InChI=1S/C12H15Cl2NO3/c13-7-3-9-11(15-8(5-16)6-17)1-2-18-12(9)10(14)4-7/h3-4,8,11,15-17H,1-2,5-6H2. The maximum atomic E-state index is 9.11. The third kappa shape index (κ3) is 2.90. The average Bonchev–Trinajstić information content (AvgIpc) is 2.36. The van der Waals surface area contributed by atoms with Gasteiger partial charge < -0.3 is 20.3 Å². The summed E-state index contributed by atoms with van der Waals surface area (Å²) >= 11 is 12.1. The van der Waals surface area contributed by atoms with E-state index in [-0.39, 0.29) is 25.3 Å².